The summed E-state index contributed by atoms with van der Waals surface area (Å²) in [6, 6.07) is 16.4. The quantitative estimate of drug-likeness (QED) is 0.886. The third-order valence-corrected chi connectivity index (χ3v) is 4.11. The molecule has 2 aromatic carbocycles. The molecule has 0 saturated heterocycles. The highest BCUT2D eigenvalue weighted by molar-refractivity contribution is 7.99. The second kappa shape index (κ2) is 4.50. The van der Waals surface area contributed by atoms with Crippen LogP contribution < -0.4 is 5.32 Å². The highest BCUT2D eigenvalue weighted by Crippen LogP contribution is 2.40. The lowest BCUT2D eigenvalue weighted by Gasteiger charge is -2.07. The van der Waals surface area contributed by atoms with Crippen LogP contribution in [0, 0.1) is 0 Å². The lowest BCUT2D eigenvalue weighted by atomic mass is 10.0. The molecule has 3 rings (SSSR count). The normalized spacial score (nSPS) is 17.4. The van der Waals surface area contributed by atoms with Gasteiger partial charge in [0.05, 0.1) is 0 Å². The summed E-state index contributed by atoms with van der Waals surface area (Å²) in [4.78, 5) is 11.8. The Labute approximate surface area is 110 Å². The molecule has 0 radical (unpaired) electrons. The van der Waals surface area contributed by atoms with Crippen molar-refractivity contribution in [3.8, 4) is 11.1 Å². The Morgan fingerprint density at radius 1 is 1.06 bits per heavy atom. The Morgan fingerprint density at radius 3 is 2.56 bits per heavy atom. The van der Waals surface area contributed by atoms with Gasteiger partial charge in [-0.2, -0.15) is 0 Å². The Hall–Kier alpha value is -1.74. The molecule has 1 aliphatic rings. The van der Waals surface area contributed by atoms with Crippen LogP contribution in [0.25, 0.3) is 11.1 Å². The van der Waals surface area contributed by atoms with Gasteiger partial charge in [-0.3, -0.25) is 4.79 Å². The van der Waals surface area contributed by atoms with Crippen LogP contribution >= 0.6 is 11.8 Å². The molecule has 2 aromatic rings. The Morgan fingerprint density at radius 2 is 1.83 bits per heavy atom. The van der Waals surface area contributed by atoms with E-state index in [9.17, 15) is 4.79 Å². The number of rotatable bonds is 2. The molecule has 0 aliphatic carbocycles. The average molecular weight is 255 g/mol. The first kappa shape index (κ1) is 11.4. The topological polar surface area (TPSA) is 29.1 Å². The van der Waals surface area contributed by atoms with Gasteiger partial charge in [0.1, 0.15) is 5.25 Å². The summed E-state index contributed by atoms with van der Waals surface area (Å²) in [5, 5.41) is 2.84. The fourth-order valence-corrected chi connectivity index (χ4v) is 3.00. The maximum Gasteiger partial charge on any atom is 0.242 e. The molecule has 0 fully saturated rings. The highest BCUT2D eigenvalue weighted by atomic mass is 32.2. The largest absolute Gasteiger partial charge is 0.325 e. The molecule has 18 heavy (non-hydrogen) atoms. The lowest BCUT2D eigenvalue weighted by molar-refractivity contribution is -0.115. The maximum absolute atomic E-state index is 11.8. The number of carbonyl (C=O) groups excluding carboxylic acids is 1. The molecule has 0 aromatic heterocycles. The Kier molecular flexibility index (Phi) is 2.84. The summed E-state index contributed by atoms with van der Waals surface area (Å²) in [5.74, 6) is 0.0858. The second-order valence-corrected chi connectivity index (χ2v) is 5.22. The number of anilines is 1. The first-order chi connectivity index (χ1) is 8.79. The van der Waals surface area contributed by atoms with Crippen LogP contribution in [0.5, 0.6) is 0 Å². The van der Waals surface area contributed by atoms with Crippen LogP contribution in [-0.4, -0.2) is 12.2 Å². The SMILES string of the molecule is CSC1C(=O)Nc2ccc(-c3ccccc3)cc21. The van der Waals surface area contributed by atoms with E-state index in [1.165, 1.54) is 5.56 Å². The van der Waals surface area contributed by atoms with Gasteiger partial charge in [0.15, 0.2) is 0 Å². The fraction of sp³-hybridized carbons (Fsp3) is 0.133. The summed E-state index contributed by atoms with van der Waals surface area (Å²) >= 11 is 1.58. The first-order valence-corrected chi connectivity index (χ1v) is 7.11. The summed E-state index contributed by atoms with van der Waals surface area (Å²) in [5.41, 5.74) is 4.37. The zero-order valence-corrected chi connectivity index (χ0v) is 10.8. The smallest absolute Gasteiger partial charge is 0.242 e. The minimum Gasteiger partial charge on any atom is -0.325 e. The molecule has 1 aliphatic heterocycles. The van der Waals surface area contributed by atoms with Crippen molar-refractivity contribution in [3.05, 3.63) is 54.1 Å². The van der Waals surface area contributed by atoms with E-state index < -0.39 is 0 Å². The highest BCUT2D eigenvalue weighted by Gasteiger charge is 2.29. The van der Waals surface area contributed by atoms with Gasteiger partial charge in [-0.05, 0) is 35.1 Å². The fourth-order valence-electron chi connectivity index (χ4n) is 2.28. The van der Waals surface area contributed by atoms with E-state index >= 15 is 0 Å². The van der Waals surface area contributed by atoms with Gasteiger partial charge in [0.2, 0.25) is 5.91 Å². The van der Waals surface area contributed by atoms with Crippen molar-refractivity contribution in [2.75, 3.05) is 11.6 Å². The second-order valence-electron chi connectivity index (χ2n) is 4.27. The molecule has 0 saturated carbocycles. The molecule has 2 nitrogen and oxygen atoms in total. The molecule has 1 N–H and O–H groups in total. The van der Waals surface area contributed by atoms with Crippen molar-refractivity contribution in [1.82, 2.24) is 0 Å². The van der Waals surface area contributed by atoms with Crippen molar-refractivity contribution >= 4 is 23.4 Å². The molecule has 0 bridgehead atoms. The van der Waals surface area contributed by atoms with Gasteiger partial charge in [-0.1, -0.05) is 36.4 Å². The summed E-state index contributed by atoms with van der Waals surface area (Å²) in [6.07, 6.45) is 1.97. The molecule has 1 unspecified atom stereocenters. The van der Waals surface area contributed by atoms with E-state index in [4.69, 9.17) is 0 Å². The standard InChI is InChI=1S/C15H13NOS/c1-18-14-12-9-11(10-5-3-2-4-6-10)7-8-13(12)16-15(14)17/h2-9,14H,1H3,(H,16,17). The van der Waals surface area contributed by atoms with Crippen molar-refractivity contribution in [2.24, 2.45) is 0 Å². The minimum atomic E-state index is -0.0799. The van der Waals surface area contributed by atoms with E-state index in [1.54, 1.807) is 11.8 Å². The van der Waals surface area contributed by atoms with Crippen LogP contribution in [0.2, 0.25) is 0 Å². The lowest BCUT2D eigenvalue weighted by Crippen LogP contribution is -2.08. The van der Waals surface area contributed by atoms with Crippen molar-refractivity contribution < 1.29 is 4.79 Å². The number of amides is 1. The van der Waals surface area contributed by atoms with E-state index in [0.717, 1.165) is 16.8 Å². The van der Waals surface area contributed by atoms with Crippen LogP contribution in [0.4, 0.5) is 5.69 Å². The predicted octanol–water partition coefficient (Wildman–Crippen LogP) is 3.71. The van der Waals surface area contributed by atoms with Crippen molar-refractivity contribution in [1.29, 1.82) is 0 Å². The zero-order valence-electron chi connectivity index (χ0n) is 10.0. The molecule has 0 spiro atoms. The molecule has 1 atom stereocenters. The van der Waals surface area contributed by atoms with Gasteiger partial charge in [0, 0.05) is 5.69 Å². The molecule has 1 heterocycles. The van der Waals surface area contributed by atoms with Crippen LogP contribution in [0.15, 0.2) is 48.5 Å². The summed E-state index contributed by atoms with van der Waals surface area (Å²) in [6.45, 7) is 0. The summed E-state index contributed by atoms with van der Waals surface area (Å²) < 4.78 is 0. The van der Waals surface area contributed by atoms with E-state index in [-0.39, 0.29) is 11.2 Å². The van der Waals surface area contributed by atoms with Crippen LogP contribution in [0.1, 0.15) is 10.8 Å². The maximum atomic E-state index is 11.8. The molecule has 1 amide bonds. The van der Waals surface area contributed by atoms with Crippen LogP contribution in [0.3, 0.4) is 0 Å². The summed E-state index contributed by atoms with van der Waals surface area (Å²) in [7, 11) is 0. The first-order valence-electron chi connectivity index (χ1n) is 5.82. The number of carbonyl (C=O) groups is 1. The third-order valence-electron chi connectivity index (χ3n) is 3.17. The monoisotopic (exact) mass is 255 g/mol. The Bertz CT molecular complexity index is 595. The van der Waals surface area contributed by atoms with Crippen LogP contribution in [-0.2, 0) is 4.79 Å². The minimum absolute atomic E-state index is 0.0799. The molecule has 90 valence electrons. The zero-order chi connectivity index (χ0) is 12.5. The predicted molar refractivity (Wildman–Crippen MR) is 76.8 cm³/mol. The van der Waals surface area contributed by atoms with E-state index in [1.807, 2.05) is 30.5 Å². The number of nitrogens with one attached hydrogen (secondary N) is 1. The van der Waals surface area contributed by atoms with Gasteiger partial charge in [-0.25, -0.2) is 0 Å². The molecular weight excluding hydrogens is 242 g/mol. The average Bonchev–Trinajstić information content (AvgIpc) is 2.74. The number of hydrogen-bond donors (Lipinski definition) is 1. The number of fused-ring (bicyclic) bond motifs is 1. The third kappa shape index (κ3) is 1.81. The van der Waals surface area contributed by atoms with Gasteiger partial charge < -0.3 is 5.32 Å². The van der Waals surface area contributed by atoms with Gasteiger partial charge >= 0.3 is 0 Å². The van der Waals surface area contributed by atoms with Gasteiger partial charge in [0.25, 0.3) is 0 Å². The Balaban J connectivity index is 2.07. The molecule has 3 heteroatoms. The van der Waals surface area contributed by atoms with Crippen molar-refractivity contribution in [2.45, 2.75) is 5.25 Å². The number of thioether (sulfide) groups is 1. The molecular formula is C15H13NOS. The van der Waals surface area contributed by atoms with E-state index in [0.29, 0.717) is 0 Å². The number of benzene rings is 2. The van der Waals surface area contributed by atoms with Crippen molar-refractivity contribution in [3.63, 3.8) is 0 Å². The number of hydrogen-bond acceptors (Lipinski definition) is 2. The van der Waals surface area contributed by atoms with E-state index in [2.05, 4.69) is 29.6 Å². The van der Waals surface area contributed by atoms with Gasteiger partial charge in [-0.15, -0.1) is 11.8 Å².